The lowest BCUT2D eigenvalue weighted by Crippen LogP contribution is -2.18. The minimum atomic E-state index is -0.441. The highest BCUT2D eigenvalue weighted by atomic mass is 35.5. The summed E-state index contributed by atoms with van der Waals surface area (Å²) >= 11 is 5.90. The number of hydrogen-bond acceptors (Lipinski definition) is 6. The lowest BCUT2D eigenvalue weighted by Gasteiger charge is -2.07. The van der Waals surface area contributed by atoms with Gasteiger partial charge in [0.15, 0.2) is 11.5 Å². The molecule has 4 rings (SSSR count). The van der Waals surface area contributed by atoms with Crippen LogP contribution in [0.1, 0.15) is 21.6 Å². The molecule has 1 amide bonds. The number of rotatable bonds is 8. The van der Waals surface area contributed by atoms with Gasteiger partial charge in [0.25, 0.3) is 5.91 Å². The number of nitrogens with one attached hydrogen (secondary N) is 2. The number of halogens is 1. The first-order valence-corrected chi connectivity index (χ1v) is 10.6. The van der Waals surface area contributed by atoms with Crippen LogP contribution in [0.5, 0.6) is 17.2 Å². The van der Waals surface area contributed by atoms with Gasteiger partial charge in [0.05, 0.1) is 19.0 Å². The second-order valence-electron chi connectivity index (χ2n) is 7.24. The number of aromatic amines is 1. The van der Waals surface area contributed by atoms with Crippen LogP contribution in [0.4, 0.5) is 0 Å². The van der Waals surface area contributed by atoms with Crippen molar-refractivity contribution in [2.45, 2.75) is 6.61 Å². The average Bonchev–Trinajstić information content (AvgIpc) is 3.35. The maximum atomic E-state index is 12.4. The molecule has 3 N–H and O–H groups in total. The molecule has 8 nitrogen and oxygen atoms in total. The number of phenols is 1. The van der Waals surface area contributed by atoms with Crippen LogP contribution in [-0.4, -0.2) is 34.5 Å². The van der Waals surface area contributed by atoms with Gasteiger partial charge < -0.3 is 14.6 Å². The van der Waals surface area contributed by atoms with Crippen molar-refractivity contribution in [1.82, 2.24) is 15.6 Å². The van der Waals surface area contributed by atoms with Gasteiger partial charge in [-0.05, 0) is 71.8 Å². The number of amides is 1. The summed E-state index contributed by atoms with van der Waals surface area (Å²) in [5, 5.41) is 21.2. The summed E-state index contributed by atoms with van der Waals surface area (Å²) in [5.41, 5.74) is 5.81. The zero-order valence-electron chi connectivity index (χ0n) is 18.2. The maximum Gasteiger partial charge on any atom is 0.289 e. The van der Waals surface area contributed by atoms with Gasteiger partial charge in [-0.2, -0.15) is 10.2 Å². The van der Waals surface area contributed by atoms with Gasteiger partial charge in [-0.15, -0.1) is 0 Å². The predicted molar refractivity (Wildman–Crippen MR) is 130 cm³/mol. The third-order valence-corrected chi connectivity index (χ3v) is 5.13. The Morgan fingerprint density at radius 3 is 2.62 bits per heavy atom. The van der Waals surface area contributed by atoms with E-state index in [0.717, 1.165) is 11.1 Å². The summed E-state index contributed by atoms with van der Waals surface area (Å²) in [4.78, 5) is 12.4. The van der Waals surface area contributed by atoms with E-state index in [1.807, 2.05) is 48.5 Å². The largest absolute Gasteiger partial charge is 0.504 e. The van der Waals surface area contributed by atoms with Crippen molar-refractivity contribution < 1.29 is 19.4 Å². The van der Waals surface area contributed by atoms with Gasteiger partial charge in [-0.3, -0.25) is 9.89 Å². The summed E-state index contributed by atoms with van der Waals surface area (Å²) in [6.07, 6.45) is 1.44. The number of aromatic nitrogens is 2. The second kappa shape index (κ2) is 10.5. The number of methoxy groups -OCH3 is 1. The summed E-state index contributed by atoms with van der Waals surface area (Å²) in [6, 6.07) is 21.3. The number of H-pyrrole nitrogens is 1. The van der Waals surface area contributed by atoms with Crippen LogP contribution in [0.3, 0.4) is 0 Å². The highest BCUT2D eigenvalue weighted by Gasteiger charge is 2.11. The molecule has 0 fully saturated rings. The molecule has 0 aliphatic carbocycles. The molecule has 34 heavy (non-hydrogen) atoms. The van der Waals surface area contributed by atoms with Gasteiger partial charge in [-0.25, -0.2) is 5.43 Å². The zero-order chi connectivity index (χ0) is 23.9. The lowest BCUT2D eigenvalue weighted by molar-refractivity contribution is 0.0950. The molecular weight excluding hydrogens is 456 g/mol. The Morgan fingerprint density at radius 1 is 1.12 bits per heavy atom. The van der Waals surface area contributed by atoms with E-state index in [2.05, 4.69) is 20.7 Å². The Bertz CT molecular complexity index is 1300. The summed E-state index contributed by atoms with van der Waals surface area (Å²) in [7, 11) is 1.45. The first-order chi connectivity index (χ1) is 16.5. The van der Waals surface area contributed by atoms with Crippen LogP contribution >= 0.6 is 11.6 Å². The normalized spacial score (nSPS) is 10.9. The third kappa shape index (κ3) is 5.73. The fourth-order valence-electron chi connectivity index (χ4n) is 3.06. The second-order valence-corrected chi connectivity index (χ2v) is 7.67. The number of benzene rings is 3. The Balaban J connectivity index is 1.34. The molecule has 0 radical (unpaired) electrons. The Kier molecular flexibility index (Phi) is 7.10. The quantitative estimate of drug-likeness (QED) is 0.250. The average molecular weight is 477 g/mol. The number of carbonyl (C=O) groups excluding carboxylic acids is 1. The van der Waals surface area contributed by atoms with Crippen LogP contribution in [0, 0.1) is 0 Å². The van der Waals surface area contributed by atoms with Crippen LogP contribution in [0.15, 0.2) is 77.9 Å². The molecule has 0 saturated heterocycles. The van der Waals surface area contributed by atoms with E-state index in [9.17, 15) is 9.90 Å². The number of hydrogen-bond donors (Lipinski definition) is 3. The van der Waals surface area contributed by atoms with Crippen LogP contribution in [-0.2, 0) is 6.61 Å². The Morgan fingerprint density at radius 2 is 1.88 bits per heavy atom. The first-order valence-electron chi connectivity index (χ1n) is 10.3. The van der Waals surface area contributed by atoms with Gasteiger partial charge in [-0.1, -0.05) is 23.7 Å². The van der Waals surface area contributed by atoms with Crippen LogP contribution < -0.4 is 14.9 Å². The van der Waals surface area contributed by atoms with Crippen molar-refractivity contribution in [3.63, 3.8) is 0 Å². The molecule has 3 aromatic carbocycles. The molecule has 0 aliphatic rings. The number of phenolic OH excluding ortho intramolecular Hbond substituents is 1. The van der Waals surface area contributed by atoms with Crippen LogP contribution in [0.2, 0.25) is 5.02 Å². The SMILES string of the molecule is COc1cc(/C=N\NC(=O)c2cc(-c3ccc(OCc4ccc(Cl)cc4)cc3)n[nH]2)ccc1O. The number of hydrazone groups is 1. The van der Waals surface area contributed by atoms with Crippen molar-refractivity contribution in [2.24, 2.45) is 5.10 Å². The fraction of sp³-hybridized carbons (Fsp3) is 0.0800. The smallest absolute Gasteiger partial charge is 0.289 e. The number of aromatic hydroxyl groups is 1. The van der Waals surface area contributed by atoms with E-state index in [-0.39, 0.29) is 11.4 Å². The molecule has 1 heterocycles. The molecule has 172 valence electrons. The van der Waals surface area contributed by atoms with E-state index in [0.29, 0.717) is 34.4 Å². The van der Waals surface area contributed by atoms with Crippen molar-refractivity contribution in [3.05, 3.63) is 94.6 Å². The molecule has 0 aliphatic heterocycles. The van der Waals surface area contributed by atoms with Gasteiger partial charge in [0.2, 0.25) is 0 Å². The van der Waals surface area contributed by atoms with Crippen molar-refractivity contribution in [3.8, 4) is 28.5 Å². The van der Waals surface area contributed by atoms with E-state index >= 15 is 0 Å². The molecule has 9 heteroatoms. The van der Waals surface area contributed by atoms with E-state index < -0.39 is 5.91 Å². The highest BCUT2D eigenvalue weighted by Crippen LogP contribution is 2.25. The Labute approximate surface area is 200 Å². The minimum Gasteiger partial charge on any atom is -0.504 e. The number of nitrogens with zero attached hydrogens (tertiary/aromatic N) is 2. The topological polar surface area (TPSA) is 109 Å². The summed E-state index contributed by atoms with van der Waals surface area (Å²) < 4.78 is 10.8. The summed E-state index contributed by atoms with van der Waals surface area (Å²) in [6.45, 7) is 0.431. The molecule has 0 unspecified atom stereocenters. The standard InChI is InChI=1S/C25H21ClN4O4/c1-33-24-12-17(4-11-23(24)31)14-27-30-25(32)22-13-21(28-29-22)18-5-9-20(10-6-18)34-15-16-2-7-19(26)8-3-16/h2-14,31H,15H2,1H3,(H,28,29)(H,30,32)/b27-14-. The first kappa shape index (κ1) is 22.9. The zero-order valence-corrected chi connectivity index (χ0v) is 18.9. The summed E-state index contributed by atoms with van der Waals surface area (Å²) in [5.74, 6) is 0.612. The van der Waals surface area contributed by atoms with Crippen molar-refractivity contribution >= 4 is 23.7 Å². The van der Waals surface area contributed by atoms with E-state index in [1.165, 1.54) is 19.4 Å². The minimum absolute atomic E-state index is 0.0230. The molecule has 4 aromatic rings. The number of carbonyl (C=O) groups is 1. The molecule has 0 spiro atoms. The monoisotopic (exact) mass is 476 g/mol. The maximum absolute atomic E-state index is 12.4. The molecule has 0 saturated carbocycles. The van der Waals surface area contributed by atoms with Crippen LogP contribution in [0.25, 0.3) is 11.3 Å². The van der Waals surface area contributed by atoms with E-state index in [1.54, 1.807) is 18.2 Å². The van der Waals surface area contributed by atoms with Gasteiger partial charge in [0.1, 0.15) is 18.1 Å². The van der Waals surface area contributed by atoms with E-state index in [4.69, 9.17) is 21.1 Å². The predicted octanol–water partition coefficient (Wildman–Crippen LogP) is 4.79. The van der Waals surface area contributed by atoms with Crippen molar-refractivity contribution in [1.29, 1.82) is 0 Å². The molecule has 0 bridgehead atoms. The lowest BCUT2D eigenvalue weighted by atomic mass is 10.1. The third-order valence-electron chi connectivity index (χ3n) is 4.87. The van der Waals surface area contributed by atoms with Gasteiger partial charge >= 0.3 is 0 Å². The number of ether oxygens (including phenoxy) is 2. The Hall–Kier alpha value is -4.30. The molecular formula is C25H21ClN4O4. The fourth-order valence-corrected chi connectivity index (χ4v) is 3.18. The molecule has 1 aromatic heterocycles. The van der Waals surface area contributed by atoms with Gasteiger partial charge in [0, 0.05) is 10.6 Å². The molecule has 0 atom stereocenters. The van der Waals surface area contributed by atoms with Crippen molar-refractivity contribution in [2.75, 3.05) is 7.11 Å². The highest BCUT2D eigenvalue weighted by molar-refractivity contribution is 6.30.